The number of methoxy groups -OCH3 is 1. The van der Waals surface area contributed by atoms with Gasteiger partial charge in [0.1, 0.15) is 5.75 Å². The van der Waals surface area contributed by atoms with Crippen LogP contribution in [0.1, 0.15) is 18.4 Å². The van der Waals surface area contributed by atoms with Gasteiger partial charge in [0.05, 0.1) is 7.11 Å². The fourth-order valence-corrected chi connectivity index (χ4v) is 3.68. The van der Waals surface area contributed by atoms with E-state index in [4.69, 9.17) is 9.47 Å². The largest absolute Gasteiger partial charge is 0.497 e. The van der Waals surface area contributed by atoms with Crippen LogP contribution in [0.2, 0.25) is 0 Å². The van der Waals surface area contributed by atoms with E-state index in [0.717, 1.165) is 38.3 Å². The highest BCUT2D eigenvalue weighted by Crippen LogP contribution is 2.36. The molecule has 4 heteroatoms. The Kier molecular flexibility index (Phi) is 5.01. The van der Waals surface area contributed by atoms with Crippen molar-refractivity contribution in [3.63, 3.8) is 0 Å². The highest BCUT2D eigenvalue weighted by atomic mass is 16.5. The van der Waals surface area contributed by atoms with Crippen LogP contribution >= 0.6 is 0 Å². The highest BCUT2D eigenvalue weighted by Gasteiger charge is 2.36. The van der Waals surface area contributed by atoms with E-state index in [0.29, 0.717) is 0 Å². The molecule has 2 fully saturated rings. The Morgan fingerprint density at radius 3 is 2.27 bits per heavy atom. The van der Waals surface area contributed by atoms with Crippen molar-refractivity contribution in [2.45, 2.75) is 18.3 Å². The van der Waals surface area contributed by atoms with E-state index in [1.807, 2.05) is 0 Å². The third-order valence-corrected chi connectivity index (χ3v) is 5.27. The van der Waals surface area contributed by atoms with Gasteiger partial charge in [-0.2, -0.15) is 0 Å². The molecule has 0 bridgehead atoms. The quantitative estimate of drug-likeness (QED) is 0.849. The van der Waals surface area contributed by atoms with E-state index in [2.05, 4.69) is 41.1 Å². The predicted molar refractivity (Wildman–Crippen MR) is 88.7 cm³/mol. The fourth-order valence-electron chi connectivity index (χ4n) is 3.68. The molecular formula is C18H28N2O2. The molecule has 0 N–H and O–H groups in total. The molecular weight excluding hydrogens is 276 g/mol. The molecule has 122 valence electrons. The van der Waals surface area contributed by atoms with E-state index >= 15 is 0 Å². The van der Waals surface area contributed by atoms with Crippen molar-refractivity contribution >= 4 is 0 Å². The fraction of sp³-hybridized carbons (Fsp3) is 0.667. The SMILES string of the molecule is COc1ccc(C2(CN3CCN(C)CC3)CCOCC2)cc1. The minimum atomic E-state index is 0.237. The maximum absolute atomic E-state index is 5.65. The molecule has 3 rings (SSSR count). The summed E-state index contributed by atoms with van der Waals surface area (Å²) in [6, 6.07) is 8.69. The van der Waals surface area contributed by atoms with Crippen LogP contribution in [0.25, 0.3) is 0 Å². The van der Waals surface area contributed by atoms with Crippen LogP contribution in [0.15, 0.2) is 24.3 Å². The van der Waals surface area contributed by atoms with Crippen LogP contribution in [0.5, 0.6) is 5.75 Å². The molecule has 1 aromatic rings. The molecule has 0 unspecified atom stereocenters. The number of benzene rings is 1. The minimum absolute atomic E-state index is 0.237. The van der Waals surface area contributed by atoms with Crippen LogP contribution in [0.3, 0.4) is 0 Å². The summed E-state index contributed by atoms with van der Waals surface area (Å²) < 4.78 is 11.0. The van der Waals surface area contributed by atoms with Crippen LogP contribution in [0, 0.1) is 0 Å². The summed E-state index contributed by atoms with van der Waals surface area (Å²) in [7, 11) is 3.94. The topological polar surface area (TPSA) is 24.9 Å². The molecule has 2 saturated heterocycles. The Morgan fingerprint density at radius 1 is 1.05 bits per heavy atom. The van der Waals surface area contributed by atoms with Gasteiger partial charge in [-0.15, -0.1) is 0 Å². The van der Waals surface area contributed by atoms with Gasteiger partial charge in [0.2, 0.25) is 0 Å². The zero-order valence-electron chi connectivity index (χ0n) is 13.9. The van der Waals surface area contributed by atoms with Gasteiger partial charge in [-0.1, -0.05) is 12.1 Å². The molecule has 2 aliphatic rings. The molecule has 0 amide bonds. The van der Waals surface area contributed by atoms with Crippen LogP contribution in [0.4, 0.5) is 0 Å². The van der Waals surface area contributed by atoms with Crippen molar-refractivity contribution in [3.8, 4) is 5.75 Å². The smallest absolute Gasteiger partial charge is 0.118 e. The van der Waals surface area contributed by atoms with Crippen molar-refractivity contribution in [2.75, 3.05) is 60.1 Å². The third-order valence-electron chi connectivity index (χ3n) is 5.27. The van der Waals surface area contributed by atoms with Crippen molar-refractivity contribution in [1.29, 1.82) is 0 Å². The van der Waals surface area contributed by atoms with Gasteiger partial charge in [0.15, 0.2) is 0 Å². The summed E-state index contributed by atoms with van der Waals surface area (Å²) in [5, 5.41) is 0. The maximum atomic E-state index is 5.65. The van der Waals surface area contributed by atoms with Crippen LogP contribution < -0.4 is 4.74 Å². The van der Waals surface area contributed by atoms with E-state index < -0.39 is 0 Å². The van der Waals surface area contributed by atoms with Crippen molar-refractivity contribution < 1.29 is 9.47 Å². The normalized spacial score (nSPS) is 23.4. The van der Waals surface area contributed by atoms with Crippen molar-refractivity contribution in [3.05, 3.63) is 29.8 Å². The summed E-state index contributed by atoms with van der Waals surface area (Å²) in [6.45, 7) is 7.60. The molecule has 22 heavy (non-hydrogen) atoms. The number of piperazine rings is 1. The van der Waals surface area contributed by atoms with Gasteiger partial charge in [-0.05, 0) is 37.6 Å². The average molecular weight is 304 g/mol. The average Bonchev–Trinajstić information content (AvgIpc) is 2.58. The molecule has 4 nitrogen and oxygen atoms in total. The first-order valence-corrected chi connectivity index (χ1v) is 8.35. The molecule has 1 aromatic carbocycles. The zero-order chi connectivity index (χ0) is 15.4. The minimum Gasteiger partial charge on any atom is -0.497 e. The number of hydrogen-bond donors (Lipinski definition) is 0. The summed E-state index contributed by atoms with van der Waals surface area (Å²) >= 11 is 0. The first-order valence-electron chi connectivity index (χ1n) is 8.35. The standard InChI is InChI=1S/C18H28N2O2/c1-19-9-11-20(12-10-19)15-18(7-13-22-14-8-18)16-3-5-17(21-2)6-4-16/h3-6H,7-15H2,1-2H3. The summed E-state index contributed by atoms with van der Waals surface area (Å²) in [5.41, 5.74) is 1.68. The van der Waals surface area contributed by atoms with Gasteiger partial charge < -0.3 is 14.4 Å². The summed E-state index contributed by atoms with van der Waals surface area (Å²) in [4.78, 5) is 5.05. The lowest BCUT2D eigenvalue weighted by atomic mass is 9.73. The first kappa shape index (κ1) is 15.8. The van der Waals surface area contributed by atoms with E-state index in [1.165, 1.54) is 31.7 Å². The van der Waals surface area contributed by atoms with Gasteiger partial charge >= 0.3 is 0 Å². The Balaban J connectivity index is 1.77. The lowest BCUT2D eigenvalue weighted by Crippen LogP contribution is -2.51. The molecule has 0 aliphatic carbocycles. The van der Waals surface area contributed by atoms with Gasteiger partial charge in [0.25, 0.3) is 0 Å². The lowest BCUT2D eigenvalue weighted by molar-refractivity contribution is 0.0261. The second-order valence-electron chi connectivity index (χ2n) is 6.70. The Labute approximate surface area is 134 Å². The summed E-state index contributed by atoms with van der Waals surface area (Å²) in [6.07, 6.45) is 2.23. The Morgan fingerprint density at radius 2 is 1.68 bits per heavy atom. The Bertz CT molecular complexity index is 460. The first-order chi connectivity index (χ1) is 10.7. The second-order valence-corrected chi connectivity index (χ2v) is 6.70. The predicted octanol–water partition coefficient (Wildman–Crippen LogP) is 1.99. The van der Waals surface area contributed by atoms with E-state index in [9.17, 15) is 0 Å². The second kappa shape index (κ2) is 6.99. The number of rotatable bonds is 4. The monoisotopic (exact) mass is 304 g/mol. The van der Waals surface area contributed by atoms with Gasteiger partial charge in [-0.25, -0.2) is 0 Å². The number of hydrogen-bond acceptors (Lipinski definition) is 4. The summed E-state index contributed by atoms with van der Waals surface area (Å²) in [5.74, 6) is 0.936. The van der Waals surface area contributed by atoms with Crippen molar-refractivity contribution in [1.82, 2.24) is 9.80 Å². The Hall–Kier alpha value is -1.10. The maximum Gasteiger partial charge on any atom is 0.118 e. The lowest BCUT2D eigenvalue weighted by Gasteiger charge is -2.43. The molecule has 0 spiro atoms. The molecule has 0 saturated carbocycles. The third kappa shape index (κ3) is 3.45. The molecule has 0 aromatic heterocycles. The van der Waals surface area contributed by atoms with Gasteiger partial charge in [0, 0.05) is 51.4 Å². The van der Waals surface area contributed by atoms with Crippen LogP contribution in [-0.2, 0) is 10.2 Å². The van der Waals surface area contributed by atoms with Gasteiger partial charge in [-0.3, -0.25) is 4.90 Å². The number of ether oxygens (including phenoxy) is 2. The highest BCUT2D eigenvalue weighted by molar-refractivity contribution is 5.33. The zero-order valence-corrected chi connectivity index (χ0v) is 13.9. The molecule has 2 heterocycles. The molecule has 0 radical (unpaired) electrons. The van der Waals surface area contributed by atoms with Crippen molar-refractivity contribution in [2.24, 2.45) is 0 Å². The number of nitrogens with zero attached hydrogens (tertiary/aromatic N) is 2. The molecule has 2 aliphatic heterocycles. The van der Waals surface area contributed by atoms with E-state index in [1.54, 1.807) is 7.11 Å². The van der Waals surface area contributed by atoms with E-state index in [-0.39, 0.29) is 5.41 Å². The van der Waals surface area contributed by atoms with Crippen LogP contribution in [-0.4, -0.2) is 69.9 Å². The molecule has 0 atom stereocenters. The number of likely N-dealkylation sites (N-methyl/N-ethyl adjacent to an activating group) is 1.